The standard InChI is InChI=1S/C13H18N4O3S/c18-12(15-10-4-8-21(19,20)9-10)11-3-5-14-13(16-11)17-6-1-2-7-17/h3,5,10H,1-2,4,6-9H2,(H,15,18). The highest BCUT2D eigenvalue weighted by atomic mass is 32.2. The molecule has 7 nitrogen and oxygen atoms in total. The second-order valence-electron chi connectivity index (χ2n) is 5.51. The molecular weight excluding hydrogens is 292 g/mol. The molecule has 1 unspecified atom stereocenters. The topological polar surface area (TPSA) is 92.3 Å². The van der Waals surface area contributed by atoms with Crippen molar-refractivity contribution in [2.75, 3.05) is 29.5 Å². The average molecular weight is 310 g/mol. The van der Waals surface area contributed by atoms with Crippen molar-refractivity contribution in [1.29, 1.82) is 0 Å². The average Bonchev–Trinajstić information content (AvgIpc) is 3.09. The lowest BCUT2D eigenvalue weighted by atomic mass is 10.2. The molecule has 1 aromatic heterocycles. The Labute approximate surface area is 123 Å². The minimum atomic E-state index is -3.00. The van der Waals surface area contributed by atoms with Crippen molar-refractivity contribution in [1.82, 2.24) is 15.3 Å². The van der Waals surface area contributed by atoms with E-state index in [0.29, 0.717) is 12.4 Å². The smallest absolute Gasteiger partial charge is 0.270 e. The van der Waals surface area contributed by atoms with Gasteiger partial charge in [0, 0.05) is 25.3 Å². The first-order valence-corrected chi connectivity index (χ1v) is 8.95. The van der Waals surface area contributed by atoms with E-state index in [9.17, 15) is 13.2 Å². The molecular formula is C13H18N4O3S. The number of sulfone groups is 1. The fourth-order valence-corrected chi connectivity index (χ4v) is 4.39. The molecule has 0 bridgehead atoms. The molecule has 0 spiro atoms. The summed E-state index contributed by atoms with van der Waals surface area (Å²) in [4.78, 5) is 22.7. The molecule has 2 aliphatic rings. The molecule has 1 N–H and O–H groups in total. The van der Waals surface area contributed by atoms with Gasteiger partial charge in [-0.05, 0) is 25.3 Å². The lowest BCUT2D eigenvalue weighted by molar-refractivity contribution is 0.0936. The third-order valence-electron chi connectivity index (χ3n) is 3.83. The number of hydrogen-bond donors (Lipinski definition) is 1. The van der Waals surface area contributed by atoms with Gasteiger partial charge in [-0.3, -0.25) is 4.79 Å². The van der Waals surface area contributed by atoms with Crippen LogP contribution in [-0.4, -0.2) is 54.9 Å². The lowest BCUT2D eigenvalue weighted by Crippen LogP contribution is -2.36. The van der Waals surface area contributed by atoms with Crippen LogP contribution in [0, 0.1) is 0 Å². The van der Waals surface area contributed by atoms with Crippen LogP contribution in [0.2, 0.25) is 0 Å². The number of rotatable bonds is 3. The summed E-state index contributed by atoms with van der Waals surface area (Å²) < 4.78 is 22.8. The molecule has 114 valence electrons. The Kier molecular flexibility index (Phi) is 3.79. The maximum absolute atomic E-state index is 12.2. The van der Waals surface area contributed by atoms with Crippen LogP contribution in [0.1, 0.15) is 29.8 Å². The fourth-order valence-electron chi connectivity index (χ4n) is 2.71. The molecule has 2 aliphatic heterocycles. The van der Waals surface area contributed by atoms with Gasteiger partial charge in [-0.15, -0.1) is 0 Å². The molecule has 0 aromatic carbocycles. The van der Waals surface area contributed by atoms with Crippen molar-refractivity contribution in [2.45, 2.75) is 25.3 Å². The minimum absolute atomic E-state index is 0.0167. The zero-order valence-corrected chi connectivity index (χ0v) is 12.5. The first-order valence-electron chi connectivity index (χ1n) is 7.13. The Balaban J connectivity index is 1.68. The monoisotopic (exact) mass is 310 g/mol. The van der Waals surface area contributed by atoms with Gasteiger partial charge >= 0.3 is 0 Å². The predicted molar refractivity (Wildman–Crippen MR) is 78.0 cm³/mol. The summed E-state index contributed by atoms with van der Waals surface area (Å²) in [7, 11) is -3.00. The Morgan fingerprint density at radius 3 is 2.76 bits per heavy atom. The van der Waals surface area contributed by atoms with Crippen LogP contribution in [0.5, 0.6) is 0 Å². The number of carbonyl (C=O) groups excluding carboxylic acids is 1. The van der Waals surface area contributed by atoms with E-state index in [4.69, 9.17) is 0 Å². The lowest BCUT2D eigenvalue weighted by Gasteiger charge is -2.16. The predicted octanol–water partition coefficient (Wildman–Crippen LogP) is -0.00630. The zero-order chi connectivity index (χ0) is 14.9. The minimum Gasteiger partial charge on any atom is -0.347 e. The highest BCUT2D eigenvalue weighted by molar-refractivity contribution is 7.91. The van der Waals surface area contributed by atoms with E-state index in [1.807, 2.05) is 0 Å². The molecule has 2 saturated heterocycles. The molecule has 3 rings (SSSR count). The maximum Gasteiger partial charge on any atom is 0.270 e. The van der Waals surface area contributed by atoms with Gasteiger partial charge in [0.25, 0.3) is 5.91 Å². The Bertz CT molecular complexity index is 641. The van der Waals surface area contributed by atoms with Crippen molar-refractivity contribution < 1.29 is 13.2 Å². The van der Waals surface area contributed by atoms with Crippen LogP contribution >= 0.6 is 0 Å². The molecule has 1 amide bonds. The summed E-state index contributed by atoms with van der Waals surface area (Å²) >= 11 is 0. The number of hydrogen-bond acceptors (Lipinski definition) is 6. The molecule has 3 heterocycles. The number of anilines is 1. The molecule has 0 saturated carbocycles. The highest BCUT2D eigenvalue weighted by Gasteiger charge is 2.29. The second kappa shape index (κ2) is 5.59. The van der Waals surface area contributed by atoms with Crippen LogP contribution < -0.4 is 10.2 Å². The number of aromatic nitrogens is 2. The highest BCUT2D eigenvalue weighted by Crippen LogP contribution is 2.16. The van der Waals surface area contributed by atoms with Gasteiger partial charge in [0.05, 0.1) is 11.5 Å². The summed E-state index contributed by atoms with van der Waals surface area (Å²) in [6.45, 7) is 1.82. The quantitative estimate of drug-likeness (QED) is 0.844. The van der Waals surface area contributed by atoms with Crippen molar-refractivity contribution in [3.8, 4) is 0 Å². The van der Waals surface area contributed by atoms with E-state index >= 15 is 0 Å². The van der Waals surface area contributed by atoms with Crippen LogP contribution in [0.3, 0.4) is 0 Å². The van der Waals surface area contributed by atoms with Gasteiger partial charge in [-0.25, -0.2) is 18.4 Å². The summed E-state index contributed by atoms with van der Waals surface area (Å²) in [5, 5.41) is 2.74. The molecule has 21 heavy (non-hydrogen) atoms. The zero-order valence-electron chi connectivity index (χ0n) is 11.7. The third kappa shape index (κ3) is 3.31. The largest absolute Gasteiger partial charge is 0.347 e. The maximum atomic E-state index is 12.2. The number of nitrogens with one attached hydrogen (secondary N) is 1. The third-order valence-corrected chi connectivity index (χ3v) is 5.60. The number of carbonyl (C=O) groups is 1. The summed E-state index contributed by atoms with van der Waals surface area (Å²) in [6.07, 6.45) is 4.26. The molecule has 0 radical (unpaired) electrons. The van der Waals surface area contributed by atoms with Gasteiger partial charge in [0.15, 0.2) is 9.84 Å². The van der Waals surface area contributed by atoms with Crippen LogP contribution in [0.4, 0.5) is 5.95 Å². The molecule has 8 heteroatoms. The van der Waals surface area contributed by atoms with Crippen LogP contribution in [-0.2, 0) is 9.84 Å². The van der Waals surface area contributed by atoms with E-state index in [-0.39, 0.29) is 29.1 Å². The van der Waals surface area contributed by atoms with Crippen molar-refractivity contribution >= 4 is 21.7 Å². The fraction of sp³-hybridized carbons (Fsp3) is 0.615. The van der Waals surface area contributed by atoms with Crippen molar-refractivity contribution in [2.24, 2.45) is 0 Å². The van der Waals surface area contributed by atoms with Gasteiger partial charge in [0.2, 0.25) is 5.95 Å². The van der Waals surface area contributed by atoms with Gasteiger partial charge in [0.1, 0.15) is 5.69 Å². The first-order chi connectivity index (χ1) is 10.0. The summed E-state index contributed by atoms with van der Waals surface area (Å²) in [5.74, 6) is 0.392. The molecule has 2 fully saturated rings. The number of amides is 1. The summed E-state index contributed by atoms with van der Waals surface area (Å²) in [5.41, 5.74) is 0.288. The van der Waals surface area contributed by atoms with E-state index in [1.165, 1.54) is 0 Å². The first kappa shape index (κ1) is 14.2. The molecule has 1 aromatic rings. The van der Waals surface area contributed by atoms with Crippen LogP contribution in [0.15, 0.2) is 12.3 Å². The Morgan fingerprint density at radius 1 is 1.33 bits per heavy atom. The van der Waals surface area contributed by atoms with Gasteiger partial charge in [-0.1, -0.05) is 0 Å². The Hall–Kier alpha value is -1.70. The SMILES string of the molecule is O=C(NC1CCS(=O)(=O)C1)c1ccnc(N2CCCC2)n1. The number of nitrogens with zero attached hydrogens (tertiary/aromatic N) is 3. The summed E-state index contributed by atoms with van der Waals surface area (Å²) in [6, 6.07) is 1.24. The van der Waals surface area contributed by atoms with Crippen molar-refractivity contribution in [3.63, 3.8) is 0 Å². The van der Waals surface area contributed by atoms with E-state index in [2.05, 4.69) is 20.2 Å². The van der Waals surface area contributed by atoms with Gasteiger partial charge in [-0.2, -0.15) is 0 Å². The van der Waals surface area contributed by atoms with Crippen molar-refractivity contribution in [3.05, 3.63) is 18.0 Å². The second-order valence-corrected chi connectivity index (χ2v) is 7.74. The molecule has 0 aliphatic carbocycles. The Morgan fingerprint density at radius 2 is 2.10 bits per heavy atom. The normalized spacial score (nSPS) is 24.2. The van der Waals surface area contributed by atoms with E-state index < -0.39 is 9.84 Å². The van der Waals surface area contributed by atoms with Crippen LogP contribution in [0.25, 0.3) is 0 Å². The molecule has 1 atom stereocenters. The van der Waals surface area contributed by atoms with E-state index in [0.717, 1.165) is 25.9 Å². The van der Waals surface area contributed by atoms with E-state index in [1.54, 1.807) is 12.3 Å². The van der Waals surface area contributed by atoms with Gasteiger partial charge < -0.3 is 10.2 Å².